The normalized spacial score (nSPS) is 11.1. The Morgan fingerprint density at radius 2 is 1.31 bits per heavy atom. The monoisotopic (exact) mass is 543 g/mol. The second-order valence-electron chi connectivity index (χ2n) is 9.85. The summed E-state index contributed by atoms with van der Waals surface area (Å²) in [4.78, 5) is 28.3. The minimum Gasteiger partial charge on any atom is -0.299 e. The van der Waals surface area contributed by atoms with Crippen molar-refractivity contribution in [2.24, 2.45) is 0 Å². The molecule has 5 aromatic heterocycles. The Labute approximate surface area is 243 Å². The highest BCUT2D eigenvalue weighted by Gasteiger charge is 2.20. The molecule has 0 unspecified atom stereocenters. The van der Waals surface area contributed by atoms with Gasteiger partial charge in [-0.15, -0.1) is 0 Å². The van der Waals surface area contributed by atoms with Crippen LogP contribution in [0.25, 0.3) is 56.9 Å². The molecule has 0 radical (unpaired) electrons. The summed E-state index contributed by atoms with van der Waals surface area (Å²) in [5.41, 5.74) is 8.85. The van der Waals surface area contributed by atoms with E-state index in [1.54, 1.807) is 12.4 Å². The molecule has 0 saturated carbocycles. The van der Waals surface area contributed by atoms with Crippen LogP contribution in [0.4, 0.5) is 0 Å². The van der Waals surface area contributed by atoms with Gasteiger partial charge in [-0.1, -0.05) is 67.2 Å². The number of hydrogen-bond donors (Lipinski definition) is 0. The molecule has 0 spiro atoms. The highest BCUT2D eigenvalue weighted by molar-refractivity contribution is 5.88. The van der Waals surface area contributed by atoms with Gasteiger partial charge >= 0.3 is 0 Å². The van der Waals surface area contributed by atoms with E-state index in [9.17, 15) is 0 Å². The first-order valence-corrected chi connectivity index (χ1v) is 13.6. The highest BCUT2D eigenvalue weighted by atomic mass is 15.1. The number of hydrogen-bond acceptors (Lipinski definition) is 6. The lowest BCUT2D eigenvalue weighted by molar-refractivity contribution is 1.05. The van der Waals surface area contributed by atoms with Crippen molar-refractivity contribution in [1.29, 1.82) is 0 Å². The number of pyridine rings is 3. The maximum Gasteiger partial charge on any atom is 0.182 e. The average molecular weight is 544 g/mol. The van der Waals surface area contributed by atoms with E-state index in [0.29, 0.717) is 28.9 Å². The zero-order valence-electron chi connectivity index (χ0n) is 22.9. The van der Waals surface area contributed by atoms with Gasteiger partial charge in [-0.05, 0) is 60.5 Å². The smallest absolute Gasteiger partial charge is 0.182 e. The Kier molecular flexibility index (Phi) is 6.37. The molecule has 7 aromatic rings. The third kappa shape index (κ3) is 4.63. The van der Waals surface area contributed by atoms with E-state index in [4.69, 9.17) is 19.9 Å². The lowest BCUT2D eigenvalue weighted by atomic mass is 9.96. The van der Waals surface area contributed by atoms with Crippen molar-refractivity contribution in [3.8, 4) is 45.7 Å². The fraction of sp³-hybridized carbons (Fsp3) is 0.0286. The van der Waals surface area contributed by atoms with Crippen LogP contribution in [0.5, 0.6) is 0 Å². The number of benzene rings is 2. The molecule has 0 saturated heterocycles. The number of aryl methyl sites for hydroxylation is 1. The standard InChI is InChI=1S/C35H25N7/c1-23-12-3-4-15-27(23)31-32(42-21-10-7-18-30(42)38-31)24(2)25-13-11-14-26(22-25)33-39-34(28-16-5-8-19-36-28)41-35(40-33)29-17-6-9-20-37-29/h3-22H,2H2,1H3. The second kappa shape index (κ2) is 10.6. The highest BCUT2D eigenvalue weighted by Crippen LogP contribution is 2.35. The van der Waals surface area contributed by atoms with Gasteiger partial charge in [0, 0.05) is 35.3 Å². The fourth-order valence-electron chi connectivity index (χ4n) is 5.02. The molecule has 7 heteroatoms. The van der Waals surface area contributed by atoms with Gasteiger partial charge in [-0.2, -0.15) is 0 Å². The van der Waals surface area contributed by atoms with E-state index in [1.807, 2.05) is 85.1 Å². The van der Waals surface area contributed by atoms with E-state index < -0.39 is 0 Å². The first-order valence-electron chi connectivity index (χ1n) is 13.6. The van der Waals surface area contributed by atoms with Crippen LogP contribution in [0.2, 0.25) is 0 Å². The molecule has 7 nitrogen and oxygen atoms in total. The summed E-state index contributed by atoms with van der Waals surface area (Å²) >= 11 is 0. The van der Waals surface area contributed by atoms with E-state index in [2.05, 4.69) is 52.1 Å². The van der Waals surface area contributed by atoms with Crippen LogP contribution in [0.1, 0.15) is 16.8 Å². The maximum absolute atomic E-state index is 5.02. The predicted molar refractivity (Wildman–Crippen MR) is 165 cm³/mol. The lowest BCUT2D eigenvalue weighted by Crippen LogP contribution is -2.02. The molecule has 0 atom stereocenters. The molecule has 7 rings (SSSR count). The molecule has 0 bridgehead atoms. The summed E-state index contributed by atoms with van der Waals surface area (Å²) in [6.45, 7) is 6.67. The number of imidazole rings is 1. The molecule has 2 aromatic carbocycles. The van der Waals surface area contributed by atoms with Crippen molar-refractivity contribution < 1.29 is 0 Å². The minimum atomic E-state index is 0.481. The second-order valence-corrected chi connectivity index (χ2v) is 9.85. The van der Waals surface area contributed by atoms with Gasteiger partial charge in [0.25, 0.3) is 0 Å². The molecule has 0 aliphatic carbocycles. The topological polar surface area (TPSA) is 81.8 Å². The SMILES string of the molecule is C=C(c1cccc(-c2nc(-c3ccccn3)nc(-c3ccccn3)n2)c1)c1c(-c2ccccc2C)nc2ccccn12. The Morgan fingerprint density at radius 1 is 0.643 bits per heavy atom. The fourth-order valence-corrected chi connectivity index (χ4v) is 5.02. The molecular weight excluding hydrogens is 518 g/mol. The summed E-state index contributed by atoms with van der Waals surface area (Å²) in [7, 11) is 0. The Morgan fingerprint density at radius 3 is 2.00 bits per heavy atom. The number of aromatic nitrogens is 7. The van der Waals surface area contributed by atoms with Crippen LogP contribution in [0.15, 0.2) is 128 Å². The third-order valence-corrected chi connectivity index (χ3v) is 7.11. The molecule has 0 aliphatic rings. The van der Waals surface area contributed by atoms with E-state index in [-0.39, 0.29) is 0 Å². The summed E-state index contributed by atoms with van der Waals surface area (Å²) in [5.74, 6) is 1.49. The summed E-state index contributed by atoms with van der Waals surface area (Å²) in [6.07, 6.45) is 5.48. The molecule has 0 fully saturated rings. The predicted octanol–water partition coefficient (Wildman–Crippen LogP) is 7.35. The molecular formula is C35H25N7. The molecule has 200 valence electrons. The van der Waals surface area contributed by atoms with Crippen LogP contribution >= 0.6 is 0 Å². The first-order chi connectivity index (χ1) is 20.7. The van der Waals surface area contributed by atoms with Crippen LogP contribution < -0.4 is 0 Å². The van der Waals surface area contributed by atoms with Crippen LogP contribution in [0, 0.1) is 6.92 Å². The van der Waals surface area contributed by atoms with E-state index >= 15 is 0 Å². The zero-order valence-corrected chi connectivity index (χ0v) is 22.9. The van der Waals surface area contributed by atoms with E-state index in [0.717, 1.165) is 44.9 Å². The van der Waals surface area contributed by atoms with Crippen molar-refractivity contribution in [3.05, 3.63) is 145 Å². The lowest BCUT2D eigenvalue weighted by Gasteiger charge is -2.12. The molecule has 0 aliphatic heterocycles. The average Bonchev–Trinajstić information content (AvgIpc) is 3.44. The zero-order chi connectivity index (χ0) is 28.5. The molecule has 0 amide bonds. The maximum atomic E-state index is 5.02. The van der Waals surface area contributed by atoms with Crippen molar-refractivity contribution in [2.45, 2.75) is 6.92 Å². The van der Waals surface area contributed by atoms with Crippen molar-refractivity contribution in [3.63, 3.8) is 0 Å². The van der Waals surface area contributed by atoms with Gasteiger partial charge in [0.15, 0.2) is 17.5 Å². The van der Waals surface area contributed by atoms with Crippen LogP contribution in [-0.2, 0) is 0 Å². The van der Waals surface area contributed by atoms with Gasteiger partial charge in [0.05, 0.1) is 11.4 Å². The summed E-state index contributed by atoms with van der Waals surface area (Å²) < 4.78 is 2.10. The largest absolute Gasteiger partial charge is 0.299 e. The third-order valence-electron chi connectivity index (χ3n) is 7.11. The van der Waals surface area contributed by atoms with Crippen LogP contribution in [-0.4, -0.2) is 34.3 Å². The molecule has 5 heterocycles. The number of rotatable bonds is 6. The quantitative estimate of drug-likeness (QED) is 0.218. The van der Waals surface area contributed by atoms with Gasteiger partial charge in [-0.3, -0.25) is 14.4 Å². The Hall–Kier alpha value is -5.82. The van der Waals surface area contributed by atoms with Crippen LogP contribution in [0.3, 0.4) is 0 Å². The Bertz CT molecular complexity index is 2010. The number of nitrogens with zero attached hydrogens (tertiary/aromatic N) is 7. The van der Waals surface area contributed by atoms with Gasteiger partial charge in [0.2, 0.25) is 0 Å². The van der Waals surface area contributed by atoms with Gasteiger partial charge in [0.1, 0.15) is 17.0 Å². The van der Waals surface area contributed by atoms with Crippen molar-refractivity contribution >= 4 is 11.2 Å². The summed E-state index contributed by atoms with van der Waals surface area (Å²) in [6, 6.07) is 33.7. The molecule has 42 heavy (non-hydrogen) atoms. The summed E-state index contributed by atoms with van der Waals surface area (Å²) in [5, 5.41) is 0. The minimum absolute atomic E-state index is 0.481. The van der Waals surface area contributed by atoms with E-state index in [1.165, 1.54) is 0 Å². The van der Waals surface area contributed by atoms with Crippen molar-refractivity contribution in [1.82, 2.24) is 34.3 Å². The first kappa shape index (κ1) is 25.2. The van der Waals surface area contributed by atoms with Gasteiger partial charge < -0.3 is 0 Å². The Balaban J connectivity index is 1.37. The number of fused-ring (bicyclic) bond motifs is 1. The van der Waals surface area contributed by atoms with Gasteiger partial charge in [-0.25, -0.2) is 19.9 Å². The van der Waals surface area contributed by atoms with Crippen molar-refractivity contribution in [2.75, 3.05) is 0 Å². The molecule has 0 N–H and O–H groups in total.